The largest absolute Gasteiger partial charge is 0.335 e. The van der Waals surface area contributed by atoms with Gasteiger partial charge in [-0.2, -0.15) is 0 Å². The predicted octanol–water partition coefficient (Wildman–Crippen LogP) is 1.58. The average Bonchev–Trinajstić information content (AvgIpc) is 2.91. The summed E-state index contributed by atoms with van der Waals surface area (Å²) in [6.45, 7) is 1.09. The van der Waals surface area contributed by atoms with Gasteiger partial charge in [-0.25, -0.2) is 4.98 Å². The maximum Gasteiger partial charge on any atom is 0.131 e. The van der Waals surface area contributed by atoms with Gasteiger partial charge in [0.05, 0.1) is 0 Å². The van der Waals surface area contributed by atoms with Crippen molar-refractivity contribution in [3.63, 3.8) is 0 Å². The van der Waals surface area contributed by atoms with Crippen LogP contribution in [0, 0.1) is 0 Å². The maximum absolute atomic E-state index is 4.22. The molecule has 0 bridgehead atoms. The summed E-state index contributed by atoms with van der Waals surface area (Å²) in [6, 6.07) is 0.816. The molecule has 1 aromatic rings. The van der Waals surface area contributed by atoms with Crippen molar-refractivity contribution < 1.29 is 0 Å². The second-order valence-corrected chi connectivity index (χ2v) is 3.82. The molecule has 0 amide bonds. The van der Waals surface area contributed by atoms with Gasteiger partial charge in [0.25, 0.3) is 0 Å². The first-order chi connectivity index (χ1) is 6.86. The molecular weight excluding hydrogens is 174 g/mol. The molecule has 1 fully saturated rings. The molecule has 0 aromatic carbocycles. The van der Waals surface area contributed by atoms with Crippen molar-refractivity contribution in [3.05, 3.63) is 24.3 Å². The van der Waals surface area contributed by atoms with Gasteiger partial charge in [0.1, 0.15) is 5.82 Å². The molecule has 0 aliphatic heterocycles. The Labute approximate surface area is 84.8 Å². The molecule has 1 saturated carbocycles. The van der Waals surface area contributed by atoms with Crippen molar-refractivity contribution in [2.45, 2.75) is 25.3 Å². The molecule has 0 atom stereocenters. The summed E-state index contributed by atoms with van der Waals surface area (Å²) in [5.74, 6) is 1.02. The van der Waals surface area contributed by atoms with Crippen molar-refractivity contribution in [2.24, 2.45) is 7.05 Å². The summed E-state index contributed by atoms with van der Waals surface area (Å²) in [6.07, 6.45) is 11.9. The number of aryl methyl sites for hydroxylation is 1. The number of nitrogens with one attached hydrogen (secondary N) is 1. The molecule has 1 aliphatic carbocycles. The Morgan fingerprint density at radius 2 is 2.50 bits per heavy atom. The van der Waals surface area contributed by atoms with Crippen molar-refractivity contribution in [3.8, 4) is 0 Å². The highest BCUT2D eigenvalue weighted by Gasteiger charge is 2.19. The van der Waals surface area contributed by atoms with Crippen LogP contribution in [0.5, 0.6) is 0 Å². The van der Waals surface area contributed by atoms with Crippen LogP contribution in [0.3, 0.4) is 0 Å². The minimum absolute atomic E-state index is 0.816. The zero-order valence-corrected chi connectivity index (χ0v) is 8.61. The lowest BCUT2D eigenvalue weighted by molar-refractivity contribution is 0.691. The Bertz CT molecular complexity index is 310. The quantitative estimate of drug-likeness (QED) is 0.716. The van der Waals surface area contributed by atoms with Gasteiger partial charge < -0.3 is 9.88 Å². The fourth-order valence-electron chi connectivity index (χ4n) is 1.38. The smallest absolute Gasteiger partial charge is 0.131 e. The fourth-order valence-corrected chi connectivity index (χ4v) is 1.38. The summed E-state index contributed by atoms with van der Waals surface area (Å²) in [7, 11) is 2.01. The second kappa shape index (κ2) is 4.42. The highest BCUT2D eigenvalue weighted by Crippen LogP contribution is 2.18. The van der Waals surface area contributed by atoms with Gasteiger partial charge in [-0.15, -0.1) is 0 Å². The van der Waals surface area contributed by atoms with Crippen LogP contribution in [0.15, 0.2) is 18.5 Å². The number of rotatable bonds is 5. The predicted molar refractivity (Wildman–Crippen MR) is 57.9 cm³/mol. The van der Waals surface area contributed by atoms with E-state index in [-0.39, 0.29) is 0 Å². The second-order valence-electron chi connectivity index (χ2n) is 3.82. The summed E-state index contributed by atoms with van der Waals surface area (Å²) in [5.41, 5.74) is 0. The third kappa shape index (κ3) is 2.70. The van der Waals surface area contributed by atoms with E-state index >= 15 is 0 Å². The minimum atomic E-state index is 0.816. The highest BCUT2D eigenvalue weighted by atomic mass is 15.0. The van der Waals surface area contributed by atoms with Crippen LogP contribution in [-0.2, 0) is 7.05 Å². The number of hydrogen-bond acceptors (Lipinski definition) is 2. The van der Waals surface area contributed by atoms with Crippen LogP contribution in [0.25, 0.3) is 6.08 Å². The standard InChI is InChI=1S/C11H17N3/c1-14-9-8-13-11(14)4-2-3-7-12-10-5-6-10/h2,4,8-10,12H,3,5-7H2,1H3. The lowest BCUT2D eigenvalue weighted by Crippen LogP contribution is -2.16. The summed E-state index contributed by atoms with van der Waals surface area (Å²) >= 11 is 0. The minimum Gasteiger partial charge on any atom is -0.335 e. The third-order valence-electron chi connectivity index (χ3n) is 2.45. The number of hydrogen-bond donors (Lipinski definition) is 1. The zero-order chi connectivity index (χ0) is 9.80. The Balaban J connectivity index is 1.68. The van der Waals surface area contributed by atoms with Gasteiger partial charge in [0.15, 0.2) is 0 Å². The van der Waals surface area contributed by atoms with Crippen LogP contribution in [0.4, 0.5) is 0 Å². The molecule has 2 rings (SSSR count). The Hall–Kier alpha value is -1.09. The van der Waals surface area contributed by atoms with Crippen LogP contribution >= 0.6 is 0 Å². The molecule has 1 aliphatic rings. The molecule has 0 radical (unpaired) electrons. The van der Waals surface area contributed by atoms with Crippen molar-refractivity contribution >= 4 is 6.08 Å². The summed E-state index contributed by atoms with van der Waals surface area (Å²) in [5, 5.41) is 3.47. The molecule has 1 aromatic heterocycles. The van der Waals surface area contributed by atoms with Crippen molar-refractivity contribution in [1.82, 2.24) is 14.9 Å². The van der Waals surface area contributed by atoms with Gasteiger partial charge >= 0.3 is 0 Å². The number of imidazole rings is 1. The molecule has 0 unspecified atom stereocenters. The van der Waals surface area contributed by atoms with Gasteiger partial charge in [-0.1, -0.05) is 6.08 Å². The van der Waals surface area contributed by atoms with E-state index in [9.17, 15) is 0 Å². The highest BCUT2D eigenvalue weighted by molar-refractivity contribution is 5.39. The van der Waals surface area contributed by atoms with E-state index in [1.54, 1.807) is 0 Å². The molecule has 3 heteroatoms. The molecule has 3 nitrogen and oxygen atoms in total. The zero-order valence-electron chi connectivity index (χ0n) is 8.61. The Kier molecular flexibility index (Phi) is 2.99. The SMILES string of the molecule is Cn1ccnc1C=CCCNC1CC1. The molecule has 0 spiro atoms. The topological polar surface area (TPSA) is 29.9 Å². The van der Waals surface area contributed by atoms with E-state index in [1.165, 1.54) is 12.8 Å². The lowest BCUT2D eigenvalue weighted by Gasteiger charge is -1.97. The molecule has 0 saturated heterocycles. The van der Waals surface area contributed by atoms with E-state index in [4.69, 9.17) is 0 Å². The van der Waals surface area contributed by atoms with Gasteiger partial charge in [0, 0.05) is 25.5 Å². The van der Waals surface area contributed by atoms with E-state index in [2.05, 4.69) is 22.5 Å². The molecular formula is C11H17N3. The van der Waals surface area contributed by atoms with E-state index in [0.717, 1.165) is 24.8 Å². The van der Waals surface area contributed by atoms with E-state index in [1.807, 2.05) is 24.0 Å². The Morgan fingerprint density at radius 1 is 1.64 bits per heavy atom. The first-order valence-electron chi connectivity index (χ1n) is 5.23. The fraction of sp³-hybridized carbons (Fsp3) is 0.545. The van der Waals surface area contributed by atoms with Gasteiger partial charge in [-0.05, 0) is 31.9 Å². The van der Waals surface area contributed by atoms with E-state index < -0.39 is 0 Å². The number of nitrogens with zero attached hydrogens (tertiary/aromatic N) is 2. The third-order valence-corrected chi connectivity index (χ3v) is 2.45. The van der Waals surface area contributed by atoms with Crippen LogP contribution in [-0.4, -0.2) is 22.1 Å². The van der Waals surface area contributed by atoms with Crippen molar-refractivity contribution in [2.75, 3.05) is 6.54 Å². The molecule has 76 valence electrons. The summed E-state index contributed by atoms with van der Waals surface area (Å²) < 4.78 is 2.02. The average molecular weight is 191 g/mol. The first kappa shape index (κ1) is 9.46. The normalized spacial score (nSPS) is 16.6. The van der Waals surface area contributed by atoms with Crippen LogP contribution < -0.4 is 5.32 Å². The van der Waals surface area contributed by atoms with Crippen LogP contribution in [0.1, 0.15) is 25.1 Å². The summed E-state index contributed by atoms with van der Waals surface area (Å²) in [4.78, 5) is 4.22. The molecule has 14 heavy (non-hydrogen) atoms. The number of aromatic nitrogens is 2. The molecule has 1 heterocycles. The van der Waals surface area contributed by atoms with Crippen molar-refractivity contribution in [1.29, 1.82) is 0 Å². The lowest BCUT2D eigenvalue weighted by atomic mass is 10.3. The monoisotopic (exact) mass is 191 g/mol. The van der Waals surface area contributed by atoms with Gasteiger partial charge in [0.2, 0.25) is 0 Å². The van der Waals surface area contributed by atoms with Crippen LogP contribution in [0.2, 0.25) is 0 Å². The van der Waals surface area contributed by atoms with Gasteiger partial charge in [-0.3, -0.25) is 0 Å². The maximum atomic E-state index is 4.22. The molecule has 1 N–H and O–H groups in total. The Morgan fingerprint density at radius 3 is 3.14 bits per heavy atom. The first-order valence-corrected chi connectivity index (χ1v) is 5.23. The van der Waals surface area contributed by atoms with E-state index in [0.29, 0.717) is 0 Å².